The Labute approximate surface area is 107 Å². The third-order valence-corrected chi connectivity index (χ3v) is 3.87. The maximum atomic E-state index is 12.0. The number of nitrogen functional groups attached to an aromatic ring is 1. The van der Waals surface area contributed by atoms with Gasteiger partial charge in [0.05, 0.1) is 12.4 Å². The Hall–Kier alpha value is -1.25. The highest BCUT2D eigenvalue weighted by Gasteiger charge is 2.18. The average Bonchev–Trinajstić information content (AvgIpc) is 2.26. The van der Waals surface area contributed by atoms with E-state index >= 15 is 0 Å². The highest BCUT2D eigenvalue weighted by Crippen LogP contribution is 2.07. The SMILES string of the molecule is CC(CCN(C)C)NS(=O)(=O)c1cnc(N)nc1. The number of rotatable bonds is 6. The molecule has 0 aliphatic heterocycles. The van der Waals surface area contributed by atoms with Crippen LogP contribution in [-0.4, -0.2) is 50.0 Å². The lowest BCUT2D eigenvalue weighted by Crippen LogP contribution is -2.34. The number of aromatic nitrogens is 2. The van der Waals surface area contributed by atoms with Crippen molar-refractivity contribution in [2.75, 3.05) is 26.4 Å². The van der Waals surface area contributed by atoms with E-state index in [1.54, 1.807) is 0 Å². The van der Waals surface area contributed by atoms with E-state index in [0.29, 0.717) is 0 Å². The largest absolute Gasteiger partial charge is 0.368 e. The highest BCUT2D eigenvalue weighted by atomic mass is 32.2. The molecule has 1 unspecified atom stereocenters. The van der Waals surface area contributed by atoms with Gasteiger partial charge in [-0.1, -0.05) is 0 Å². The van der Waals surface area contributed by atoms with Crippen molar-refractivity contribution in [1.29, 1.82) is 0 Å². The summed E-state index contributed by atoms with van der Waals surface area (Å²) in [5.74, 6) is 0.0506. The molecule has 1 aromatic rings. The van der Waals surface area contributed by atoms with Gasteiger partial charge in [-0.05, 0) is 34.0 Å². The molecule has 0 saturated carbocycles. The van der Waals surface area contributed by atoms with Crippen molar-refractivity contribution in [3.05, 3.63) is 12.4 Å². The van der Waals surface area contributed by atoms with Gasteiger partial charge in [-0.3, -0.25) is 0 Å². The van der Waals surface area contributed by atoms with Crippen LogP contribution in [0, 0.1) is 0 Å². The Kier molecular flexibility index (Phi) is 5.00. The lowest BCUT2D eigenvalue weighted by molar-refractivity contribution is 0.379. The first-order valence-corrected chi connectivity index (χ1v) is 7.04. The molecular formula is C10H19N5O2S. The minimum Gasteiger partial charge on any atom is -0.368 e. The second kappa shape index (κ2) is 6.07. The molecule has 1 atom stereocenters. The molecular weight excluding hydrogens is 254 g/mol. The summed E-state index contributed by atoms with van der Waals surface area (Å²) in [6, 6.07) is -0.157. The van der Waals surface area contributed by atoms with Gasteiger partial charge in [-0.15, -0.1) is 0 Å². The molecule has 0 saturated heterocycles. The van der Waals surface area contributed by atoms with Gasteiger partial charge in [0.15, 0.2) is 0 Å². The topological polar surface area (TPSA) is 101 Å². The lowest BCUT2D eigenvalue weighted by atomic mass is 10.2. The maximum absolute atomic E-state index is 12.0. The lowest BCUT2D eigenvalue weighted by Gasteiger charge is -2.16. The van der Waals surface area contributed by atoms with Gasteiger partial charge in [-0.25, -0.2) is 23.1 Å². The molecule has 0 bridgehead atoms. The van der Waals surface area contributed by atoms with Gasteiger partial charge < -0.3 is 10.6 Å². The van der Waals surface area contributed by atoms with E-state index < -0.39 is 10.0 Å². The Balaban J connectivity index is 2.67. The van der Waals surface area contributed by atoms with E-state index in [1.165, 1.54) is 12.4 Å². The molecule has 0 spiro atoms. The fourth-order valence-corrected chi connectivity index (χ4v) is 2.48. The Morgan fingerprint density at radius 1 is 1.39 bits per heavy atom. The summed E-state index contributed by atoms with van der Waals surface area (Å²) < 4.78 is 26.5. The zero-order chi connectivity index (χ0) is 13.8. The summed E-state index contributed by atoms with van der Waals surface area (Å²) in [4.78, 5) is 9.35. The molecule has 1 aromatic heterocycles. The fourth-order valence-electron chi connectivity index (χ4n) is 1.31. The Morgan fingerprint density at radius 3 is 2.44 bits per heavy atom. The quantitative estimate of drug-likeness (QED) is 0.736. The van der Waals surface area contributed by atoms with E-state index in [1.807, 2.05) is 25.9 Å². The zero-order valence-electron chi connectivity index (χ0n) is 10.8. The minimum atomic E-state index is -3.57. The summed E-state index contributed by atoms with van der Waals surface area (Å²) >= 11 is 0. The number of sulfonamides is 1. The molecule has 0 aliphatic carbocycles. The molecule has 0 fully saturated rings. The first kappa shape index (κ1) is 14.8. The van der Waals surface area contributed by atoms with Gasteiger partial charge >= 0.3 is 0 Å². The van der Waals surface area contributed by atoms with Crippen molar-refractivity contribution in [3.63, 3.8) is 0 Å². The molecule has 0 aromatic carbocycles. The van der Waals surface area contributed by atoms with Crippen molar-refractivity contribution >= 4 is 16.0 Å². The van der Waals surface area contributed by atoms with Crippen molar-refractivity contribution in [1.82, 2.24) is 19.6 Å². The third kappa shape index (κ3) is 4.55. The molecule has 8 heteroatoms. The fraction of sp³-hybridized carbons (Fsp3) is 0.600. The Morgan fingerprint density at radius 2 is 1.94 bits per heavy atom. The predicted molar refractivity (Wildman–Crippen MR) is 69.4 cm³/mol. The van der Waals surface area contributed by atoms with Gasteiger partial charge in [-0.2, -0.15) is 0 Å². The van der Waals surface area contributed by atoms with Crippen LogP contribution in [0.4, 0.5) is 5.95 Å². The van der Waals surface area contributed by atoms with Crippen LogP contribution >= 0.6 is 0 Å². The standard InChI is InChI=1S/C10H19N5O2S/c1-8(4-5-15(2)3)14-18(16,17)9-6-12-10(11)13-7-9/h6-8,14H,4-5H2,1-3H3,(H2,11,12,13). The van der Waals surface area contributed by atoms with Crippen molar-refractivity contribution < 1.29 is 8.42 Å². The summed E-state index contributed by atoms with van der Waals surface area (Å²) in [5.41, 5.74) is 5.31. The van der Waals surface area contributed by atoms with Crippen LogP contribution in [-0.2, 0) is 10.0 Å². The summed E-state index contributed by atoms with van der Waals surface area (Å²) in [7, 11) is 0.306. The summed E-state index contributed by atoms with van der Waals surface area (Å²) in [6.07, 6.45) is 3.12. The number of hydrogen-bond donors (Lipinski definition) is 2. The van der Waals surface area contributed by atoms with E-state index in [9.17, 15) is 8.42 Å². The summed E-state index contributed by atoms with van der Waals surface area (Å²) in [6.45, 7) is 2.63. The highest BCUT2D eigenvalue weighted by molar-refractivity contribution is 7.89. The third-order valence-electron chi connectivity index (χ3n) is 2.32. The second-order valence-corrected chi connectivity index (χ2v) is 6.11. The monoisotopic (exact) mass is 273 g/mol. The van der Waals surface area contributed by atoms with Gasteiger partial charge in [0.1, 0.15) is 4.90 Å². The van der Waals surface area contributed by atoms with E-state index in [2.05, 4.69) is 14.7 Å². The van der Waals surface area contributed by atoms with Crippen LogP contribution in [0.3, 0.4) is 0 Å². The van der Waals surface area contributed by atoms with Gasteiger partial charge in [0, 0.05) is 6.04 Å². The molecule has 7 nitrogen and oxygen atoms in total. The number of nitrogens with zero attached hydrogens (tertiary/aromatic N) is 3. The normalized spacial score (nSPS) is 13.8. The van der Waals surface area contributed by atoms with Crippen LogP contribution in [0.25, 0.3) is 0 Å². The first-order chi connectivity index (χ1) is 8.31. The van der Waals surface area contributed by atoms with E-state index in [-0.39, 0.29) is 16.9 Å². The van der Waals surface area contributed by atoms with Crippen LogP contribution in [0.2, 0.25) is 0 Å². The van der Waals surface area contributed by atoms with Gasteiger partial charge in [0.2, 0.25) is 16.0 Å². The molecule has 102 valence electrons. The van der Waals surface area contributed by atoms with Crippen LogP contribution in [0.1, 0.15) is 13.3 Å². The second-order valence-electron chi connectivity index (χ2n) is 4.39. The first-order valence-electron chi connectivity index (χ1n) is 5.56. The van der Waals surface area contributed by atoms with Gasteiger partial charge in [0.25, 0.3) is 0 Å². The van der Waals surface area contributed by atoms with E-state index in [4.69, 9.17) is 5.73 Å². The maximum Gasteiger partial charge on any atom is 0.243 e. The van der Waals surface area contributed by atoms with Crippen LogP contribution in [0.5, 0.6) is 0 Å². The van der Waals surface area contributed by atoms with Crippen molar-refractivity contribution in [2.45, 2.75) is 24.3 Å². The zero-order valence-corrected chi connectivity index (χ0v) is 11.6. The van der Waals surface area contributed by atoms with E-state index in [0.717, 1.165) is 13.0 Å². The molecule has 0 aliphatic rings. The molecule has 1 heterocycles. The van der Waals surface area contributed by atoms with Crippen LogP contribution < -0.4 is 10.5 Å². The number of hydrogen-bond acceptors (Lipinski definition) is 6. The van der Waals surface area contributed by atoms with Crippen molar-refractivity contribution in [3.8, 4) is 0 Å². The molecule has 0 radical (unpaired) electrons. The number of nitrogens with two attached hydrogens (primary N) is 1. The number of nitrogens with one attached hydrogen (secondary N) is 1. The smallest absolute Gasteiger partial charge is 0.243 e. The van der Waals surface area contributed by atoms with Crippen LogP contribution in [0.15, 0.2) is 17.3 Å². The Bertz CT molecular complexity index is 472. The molecule has 0 amide bonds. The predicted octanol–water partition coefficient (Wildman–Crippen LogP) is -0.323. The molecule has 3 N–H and O–H groups in total. The molecule has 18 heavy (non-hydrogen) atoms. The average molecular weight is 273 g/mol. The minimum absolute atomic E-state index is 0.0217. The molecule has 1 rings (SSSR count). The summed E-state index contributed by atoms with van der Waals surface area (Å²) in [5, 5.41) is 0. The number of anilines is 1. The van der Waals surface area contributed by atoms with Crippen molar-refractivity contribution in [2.24, 2.45) is 0 Å².